The van der Waals surface area contributed by atoms with Crippen LogP contribution in [0.1, 0.15) is 30.5 Å². The maximum Gasteiger partial charge on any atom is 0.241 e. The van der Waals surface area contributed by atoms with E-state index in [1.807, 2.05) is 66.4 Å². The molecule has 1 aliphatic heterocycles. The molecular weight excluding hydrogens is 322 g/mol. The summed E-state index contributed by atoms with van der Waals surface area (Å²) in [5.41, 5.74) is 8.65. The summed E-state index contributed by atoms with van der Waals surface area (Å²) in [6.45, 7) is 3.34. The molecule has 2 aromatic rings. The second-order valence-corrected chi connectivity index (χ2v) is 6.46. The van der Waals surface area contributed by atoms with E-state index in [0.717, 1.165) is 22.6 Å². The molecule has 2 unspecified atom stereocenters. The molecule has 0 aliphatic carbocycles. The van der Waals surface area contributed by atoms with E-state index in [2.05, 4.69) is 10.9 Å². The van der Waals surface area contributed by atoms with Gasteiger partial charge in [-0.3, -0.25) is 4.79 Å². The normalized spacial score (nSPS) is 20.1. The Morgan fingerprint density at radius 1 is 1.12 bits per heavy atom. The molecule has 1 heterocycles. The van der Waals surface area contributed by atoms with Crippen molar-refractivity contribution >= 4 is 17.5 Å². The maximum absolute atomic E-state index is 12.8. The van der Waals surface area contributed by atoms with Crippen molar-refractivity contribution in [1.29, 1.82) is 0 Å². The molecule has 1 aliphatic rings. The summed E-state index contributed by atoms with van der Waals surface area (Å²) in [5, 5.41) is 0.720. The highest BCUT2D eigenvalue weighted by Gasteiger charge is 2.32. The minimum Gasteiger partial charge on any atom is -0.337 e. The molecule has 0 radical (unpaired) electrons. The van der Waals surface area contributed by atoms with Gasteiger partial charge in [0.15, 0.2) is 0 Å². The van der Waals surface area contributed by atoms with Crippen LogP contribution in [0.25, 0.3) is 0 Å². The number of nitrogens with zero attached hydrogens (tertiary/aromatic N) is 1. The van der Waals surface area contributed by atoms with E-state index in [1.54, 1.807) is 0 Å². The summed E-state index contributed by atoms with van der Waals surface area (Å²) in [6, 6.07) is 17.7. The van der Waals surface area contributed by atoms with Gasteiger partial charge in [-0.1, -0.05) is 54.1 Å². The van der Waals surface area contributed by atoms with Gasteiger partial charge in [-0.15, -0.1) is 0 Å². The molecule has 0 saturated carbocycles. The highest BCUT2D eigenvalue weighted by molar-refractivity contribution is 6.30. The third-order valence-electron chi connectivity index (χ3n) is 4.38. The Bertz CT molecular complexity index is 675. The minimum absolute atomic E-state index is 0.117. The predicted octanol–water partition coefficient (Wildman–Crippen LogP) is 3.30. The van der Waals surface area contributed by atoms with Crippen molar-refractivity contribution in [3.05, 3.63) is 70.7 Å². The molecule has 1 fully saturated rings. The second kappa shape index (κ2) is 7.79. The third-order valence-corrected chi connectivity index (χ3v) is 4.64. The maximum atomic E-state index is 12.8. The zero-order valence-corrected chi connectivity index (χ0v) is 14.5. The van der Waals surface area contributed by atoms with Gasteiger partial charge in [0.2, 0.25) is 5.91 Å². The Morgan fingerprint density at radius 2 is 1.83 bits per heavy atom. The summed E-state index contributed by atoms with van der Waals surface area (Å²) >= 11 is 5.94. The third kappa shape index (κ3) is 3.96. The van der Waals surface area contributed by atoms with Gasteiger partial charge in [-0.2, -0.15) is 0 Å². The minimum atomic E-state index is -0.214. The van der Waals surface area contributed by atoms with Crippen LogP contribution in [0, 0.1) is 0 Å². The average Bonchev–Trinajstić information content (AvgIpc) is 3.10. The molecule has 4 nitrogen and oxygen atoms in total. The van der Waals surface area contributed by atoms with Crippen LogP contribution in [0.4, 0.5) is 0 Å². The molecule has 0 aromatic heterocycles. The van der Waals surface area contributed by atoms with Crippen molar-refractivity contribution in [1.82, 2.24) is 15.8 Å². The van der Waals surface area contributed by atoms with Crippen LogP contribution in [0.5, 0.6) is 0 Å². The van der Waals surface area contributed by atoms with Crippen LogP contribution < -0.4 is 10.9 Å². The van der Waals surface area contributed by atoms with Gasteiger partial charge in [0.25, 0.3) is 0 Å². The molecule has 2 aromatic carbocycles. The molecule has 2 atom stereocenters. The van der Waals surface area contributed by atoms with Gasteiger partial charge < -0.3 is 4.90 Å². The molecule has 5 heteroatoms. The van der Waals surface area contributed by atoms with Gasteiger partial charge in [-0.25, -0.2) is 10.9 Å². The number of nitrogens with one attached hydrogen (secondary N) is 2. The number of halogens is 1. The summed E-state index contributed by atoms with van der Waals surface area (Å²) in [6.07, 6.45) is 0.728. The first-order chi connectivity index (χ1) is 11.7. The summed E-state index contributed by atoms with van der Waals surface area (Å²) in [7, 11) is 0. The Balaban J connectivity index is 1.63. The van der Waals surface area contributed by atoms with Crippen LogP contribution in [0.3, 0.4) is 0 Å². The number of carbonyl (C=O) groups excluding carboxylic acids is 1. The van der Waals surface area contributed by atoms with Gasteiger partial charge in [0, 0.05) is 24.2 Å². The van der Waals surface area contributed by atoms with Crippen LogP contribution in [0.15, 0.2) is 54.6 Å². The molecule has 1 amide bonds. The fourth-order valence-electron chi connectivity index (χ4n) is 3.00. The smallest absolute Gasteiger partial charge is 0.241 e. The van der Waals surface area contributed by atoms with Crippen molar-refractivity contribution < 1.29 is 4.79 Å². The lowest BCUT2D eigenvalue weighted by Gasteiger charge is -2.24. The van der Waals surface area contributed by atoms with Crippen LogP contribution in [-0.4, -0.2) is 23.4 Å². The average molecular weight is 344 g/mol. The molecule has 24 heavy (non-hydrogen) atoms. The quantitative estimate of drug-likeness (QED) is 0.875. The summed E-state index contributed by atoms with van der Waals surface area (Å²) in [4.78, 5) is 14.7. The van der Waals surface area contributed by atoms with E-state index in [1.165, 1.54) is 0 Å². The number of hydrazine groups is 1. The fourth-order valence-corrected chi connectivity index (χ4v) is 3.13. The zero-order valence-electron chi connectivity index (χ0n) is 13.7. The number of amides is 1. The van der Waals surface area contributed by atoms with Crippen molar-refractivity contribution in [3.8, 4) is 0 Å². The van der Waals surface area contributed by atoms with E-state index in [9.17, 15) is 4.79 Å². The number of carbonyl (C=O) groups is 1. The number of rotatable bonds is 5. The topological polar surface area (TPSA) is 44.4 Å². The number of hydrogen-bond donors (Lipinski definition) is 2. The Labute approximate surface area is 147 Å². The predicted molar refractivity (Wildman–Crippen MR) is 96.4 cm³/mol. The lowest BCUT2D eigenvalue weighted by molar-refractivity contribution is -0.133. The molecule has 1 saturated heterocycles. The summed E-state index contributed by atoms with van der Waals surface area (Å²) < 4.78 is 0. The number of benzene rings is 2. The van der Waals surface area contributed by atoms with E-state index in [0.29, 0.717) is 13.1 Å². The first-order valence-corrected chi connectivity index (χ1v) is 8.64. The van der Waals surface area contributed by atoms with E-state index in [-0.39, 0.29) is 18.0 Å². The lowest BCUT2D eigenvalue weighted by atomic mass is 10.0. The SMILES string of the molecule is CCN(Cc1ccccc1)C(=O)C1CC(c2ccc(Cl)cc2)NN1. The molecule has 2 N–H and O–H groups in total. The molecule has 126 valence electrons. The van der Waals surface area contributed by atoms with Crippen molar-refractivity contribution in [3.63, 3.8) is 0 Å². The highest BCUT2D eigenvalue weighted by atomic mass is 35.5. The zero-order chi connectivity index (χ0) is 16.9. The molecule has 3 rings (SSSR count). The summed E-state index contributed by atoms with van der Waals surface area (Å²) in [5.74, 6) is 0.130. The lowest BCUT2D eigenvalue weighted by Crippen LogP contribution is -2.45. The van der Waals surface area contributed by atoms with Crippen molar-refractivity contribution in [2.45, 2.75) is 32.0 Å². The first-order valence-electron chi connectivity index (χ1n) is 8.26. The van der Waals surface area contributed by atoms with Gasteiger partial charge in [0.1, 0.15) is 6.04 Å². The standard InChI is InChI=1S/C19H22ClN3O/c1-2-23(13-14-6-4-3-5-7-14)19(24)18-12-17(21-22-18)15-8-10-16(20)11-9-15/h3-11,17-18,21-22H,2,12-13H2,1H3. The fraction of sp³-hybridized carbons (Fsp3) is 0.316. The van der Waals surface area contributed by atoms with E-state index >= 15 is 0 Å². The highest BCUT2D eigenvalue weighted by Crippen LogP contribution is 2.24. The monoisotopic (exact) mass is 343 g/mol. The van der Waals surface area contributed by atoms with Gasteiger partial charge >= 0.3 is 0 Å². The van der Waals surface area contributed by atoms with Crippen molar-refractivity contribution in [2.24, 2.45) is 0 Å². The van der Waals surface area contributed by atoms with Crippen molar-refractivity contribution in [2.75, 3.05) is 6.54 Å². The Hall–Kier alpha value is -1.88. The molecule has 0 spiro atoms. The van der Waals surface area contributed by atoms with Gasteiger partial charge in [0.05, 0.1) is 0 Å². The first kappa shape index (κ1) is 17.0. The van der Waals surface area contributed by atoms with E-state index < -0.39 is 0 Å². The second-order valence-electron chi connectivity index (χ2n) is 6.02. The molecular formula is C19H22ClN3O. The number of hydrogen-bond acceptors (Lipinski definition) is 3. The molecule has 0 bridgehead atoms. The van der Waals surface area contributed by atoms with Crippen LogP contribution in [0.2, 0.25) is 5.02 Å². The largest absolute Gasteiger partial charge is 0.337 e. The Kier molecular flexibility index (Phi) is 5.51. The number of likely N-dealkylation sites (N-methyl/N-ethyl adjacent to an activating group) is 1. The Morgan fingerprint density at radius 3 is 2.50 bits per heavy atom. The van der Waals surface area contributed by atoms with E-state index in [4.69, 9.17) is 11.6 Å². The van der Waals surface area contributed by atoms with Crippen LogP contribution in [-0.2, 0) is 11.3 Å². The van der Waals surface area contributed by atoms with Gasteiger partial charge in [-0.05, 0) is 36.6 Å². The van der Waals surface area contributed by atoms with Crippen LogP contribution >= 0.6 is 11.6 Å².